The van der Waals surface area contributed by atoms with Gasteiger partial charge in [0, 0.05) is 30.4 Å². The molecule has 0 bridgehead atoms. The van der Waals surface area contributed by atoms with Gasteiger partial charge in [0.05, 0.1) is 11.9 Å². The number of rotatable bonds is 9. The van der Waals surface area contributed by atoms with Crippen LogP contribution in [0.4, 0.5) is 17.1 Å². The van der Waals surface area contributed by atoms with Crippen molar-refractivity contribution in [2.24, 2.45) is 5.18 Å². The van der Waals surface area contributed by atoms with Crippen LogP contribution in [0.2, 0.25) is 0 Å². The summed E-state index contributed by atoms with van der Waals surface area (Å²) in [7, 11) is 0. The molecule has 7 heteroatoms. The molecule has 1 amide bonds. The predicted molar refractivity (Wildman–Crippen MR) is 92.5 cm³/mol. The summed E-state index contributed by atoms with van der Waals surface area (Å²) in [5.41, 5.74) is 1.76. The maximum Gasteiger partial charge on any atom is 0.255 e. The molecule has 2 aromatic rings. The van der Waals surface area contributed by atoms with E-state index in [1.165, 1.54) is 18.5 Å². The van der Waals surface area contributed by atoms with Gasteiger partial charge in [-0.3, -0.25) is 9.78 Å². The minimum absolute atomic E-state index is 0.131. The molecule has 0 spiro atoms. The topological polar surface area (TPSA) is 101 Å². The van der Waals surface area contributed by atoms with Gasteiger partial charge in [-0.05, 0) is 48.4 Å². The van der Waals surface area contributed by atoms with Crippen molar-refractivity contribution in [2.45, 2.75) is 19.3 Å². The van der Waals surface area contributed by atoms with E-state index >= 15 is 0 Å². The highest BCUT2D eigenvalue weighted by Gasteiger charge is 2.09. The third-order valence-electron chi connectivity index (χ3n) is 3.37. The maximum atomic E-state index is 12.2. The number of unbranched alkanes of at least 4 members (excludes halogenated alkanes) is 2. The van der Waals surface area contributed by atoms with Crippen molar-refractivity contribution in [1.82, 2.24) is 4.98 Å². The number of nitroso groups, excluding NO2 is 1. The van der Waals surface area contributed by atoms with Crippen LogP contribution in [-0.2, 0) is 4.79 Å². The van der Waals surface area contributed by atoms with Crippen LogP contribution < -0.4 is 10.6 Å². The summed E-state index contributed by atoms with van der Waals surface area (Å²) in [6.07, 6.45) is 6.07. The molecule has 0 aliphatic carbocycles. The lowest BCUT2D eigenvalue weighted by Crippen LogP contribution is -2.12. The van der Waals surface area contributed by atoms with Crippen LogP contribution >= 0.6 is 0 Å². The summed E-state index contributed by atoms with van der Waals surface area (Å²) in [5.74, 6) is -0.342. The summed E-state index contributed by atoms with van der Waals surface area (Å²) in [5, 5.41) is 8.69. The van der Waals surface area contributed by atoms with Gasteiger partial charge in [-0.25, -0.2) is 0 Å². The van der Waals surface area contributed by atoms with E-state index in [1.807, 2.05) is 0 Å². The molecular weight excluding hydrogens is 308 g/mol. The first-order valence-electron chi connectivity index (χ1n) is 7.61. The fourth-order valence-corrected chi connectivity index (χ4v) is 2.08. The summed E-state index contributed by atoms with van der Waals surface area (Å²) >= 11 is 0. The average molecular weight is 326 g/mol. The van der Waals surface area contributed by atoms with E-state index in [1.54, 1.807) is 24.3 Å². The number of anilines is 2. The normalized spacial score (nSPS) is 10.0. The van der Waals surface area contributed by atoms with Crippen LogP contribution in [-0.4, -0.2) is 23.7 Å². The van der Waals surface area contributed by atoms with Crippen LogP contribution in [0.1, 0.15) is 29.6 Å². The van der Waals surface area contributed by atoms with Crippen molar-refractivity contribution >= 4 is 29.3 Å². The second-order valence-corrected chi connectivity index (χ2v) is 5.10. The van der Waals surface area contributed by atoms with E-state index in [2.05, 4.69) is 20.8 Å². The molecule has 0 fully saturated rings. The number of pyridine rings is 1. The molecule has 0 aliphatic rings. The monoisotopic (exact) mass is 326 g/mol. The minimum Gasteiger partial charge on any atom is -0.385 e. The van der Waals surface area contributed by atoms with Crippen LogP contribution in [0.3, 0.4) is 0 Å². The molecule has 2 rings (SSSR count). The number of aldehydes is 1. The summed E-state index contributed by atoms with van der Waals surface area (Å²) in [6, 6.07) is 8.41. The highest BCUT2D eigenvalue weighted by atomic mass is 16.3. The quantitative estimate of drug-likeness (QED) is 0.417. The Hall–Kier alpha value is -3.09. The molecule has 1 aromatic heterocycles. The van der Waals surface area contributed by atoms with E-state index in [-0.39, 0.29) is 17.3 Å². The van der Waals surface area contributed by atoms with Gasteiger partial charge in [0.25, 0.3) is 5.91 Å². The zero-order valence-electron chi connectivity index (χ0n) is 13.1. The number of aromatic nitrogens is 1. The van der Waals surface area contributed by atoms with E-state index in [0.29, 0.717) is 12.0 Å². The number of amides is 1. The Morgan fingerprint density at radius 3 is 2.67 bits per heavy atom. The van der Waals surface area contributed by atoms with E-state index < -0.39 is 0 Å². The SMILES string of the molecule is O=CCCCCNc1ccc(C(=O)Nc2cnccc2N=O)cc1. The maximum absolute atomic E-state index is 12.2. The van der Waals surface area contributed by atoms with E-state index in [4.69, 9.17) is 0 Å². The Morgan fingerprint density at radius 2 is 1.96 bits per heavy atom. The number of benzene rings is 1. The number of hydrogen-bond acceptors (Lipinski definition) is 6. The van der Waals surface area contributed by atoms with Gasteiger partial charge in [-0.1, -0.05) is 0 Å². The molecular formula is C17H18N4O3. The van der Waals surface area contributed by atoms with Crippen molar-refractivity contribution < 1.29 is 9.59 Å². The van der Waals surface area contributed by atoms with Crippen molar-refractivity contribution in [2.75, 3.05) is 17.2 Å². The van der Waals surface area contributed by atoms with Gasteiger partial charge in [-0.2, -0.15) is 0 Å². The Morgan fingerprint density at radius 1 is 1.17 bits per heavy atom. The van der Waals surface area contributed by atoms with Gasteiger partial charge in [0.15, 0.2) is 0 Å². The zero-order valence-corrected chi connectivity index (χ0v) is 13.1. The van der Waals surface area contributed by atoms with Crippen molar-refractivity contribution in [3.63, 3.8) is 0 Å². The Kier molecular flexibility index (Phi) is 6.58. The van der Waals surface area contributed by atoms with Crippen molar-refractivity contribution in [3.05, 3.63) is 53.2 Å². The van der Waals surface area contributed by atoms with Gasteiger partial charge in [0.2, 0.25) is 0 Å². The first kappa shape index (κ1) is 17.3. The van der Waals surface area contributed by atoms with Crippen LogP contribution in [0, 0.1) is 4.91 Å². The smallest absolute Gasteiger partial charge is 0.255 e. The fourth-order valence-electron chi connectivity index (χ4n) is 2.08. The third-order valence-corrected chi connectivity index (χ3v) is 3.37. The lowest BCUT2D eigenvalue weighted by atomic mass is 10.2. The molecule has 24 heavy (non-hydrogen) atoms. The molecule has 124 valence electrons. The fraction of sp³-hybridized carbons (Fsp3) is 0.235. The van der Waals surface area contributed by atoms with Crippen LogP contribution in [0.15, 0.2) is 47.9 Å². The predicted octanol–water partition coefficient (Wildman–Crippen LogP) is 3.51. The highest BCUT2D eigenvalue weighted by Crippen LogP contribution is 2.23. The standard InChI is InChI=1S/C17H18N4O3/c22-11-3-1-2-9-19-14-6-4-13(5-7-14)17(23)20-16-12-18-10-8-15(16)21-24/h4-8,10-12,19H,1-3,9H2,(H,20,23). The van der Waals surface area contributed by atoms with Crippen LogP contribution in [0.5, 0.6) is 0 Å². The van der Waals surface area contributed by atoms with Crippen molar-refractivity contribution in [3.8, 4) is 0 Å². The number of nitrogens with zero attached hydrogens (tertiary/aromatic N) is 2. The zero-order chi connectivity index (χ0) is 17.2. The molecule has 0 unspecified atom stereocenters. The van der Waals surface area contributed by atoms with E-state index in [9.17, 15) is 14.5 Å². The molecule has 1 heterocycles. The summed E-state index contributed by atoms with van der Waals surface area (Å²) in [6.45, 7) is 0.767. The summed E-state index contributed by atoms with van der Waals surface area (Å²) in [4.78, 5) is 37.0. The second kappa shape index (κ2) is 9.14. The molecule has 0 saturated carbocycles. The average Bonchev–Trinajstić information content (AvgIpc) is 2.62. The first-order valence-corrected chi connectivity index (χ1v) is 7.61. The van der Waals surface area contributed by atoms with Crippen molar-refractivity contribution in [1.29, 1.82) is 0 Å². The van der Waals surface area contributed by atoms with Gasteiger partial charge >= 0.3 is 0 Å². The minimum atomic E-state index is -0.342. The molecule has 0 atom stereocenters. The molecule has 1 aromatic carbocycles. The Balaban J connectivity index is 1.91. The molecule has 0 radical (unpaired) electrons. The number of carbonyl (C=O) groups is 2. The van der Waals surface area contributed by atoms with E-state index in [0.717, 1.165) is 31.4 Å². The van der Waals surface area contributed by atoms with Crippen LogP contribution in [0.25, 0.3) is 0 Å². The molecule has 2 N–H and O–H groups in total. The third kappa shape index (κ3) is 4.98. The molecule has 7 nitrogen and oxygen atoms in total. The number of carbonyl (C=O) groups excluding carboxylic acids is 2. The second-order valence-electron chi connectivity index (χ2n) is 5.10. The lowest BCUT2D eigenvalue weighted by Gasteiger charge is -2.08. The van der Waals surface area contributed by atoms with Gasteiger partial charge in [-0.15, -0.1) is 4.91 Å². The largest absolute Gasteiger partial charge is 0.385 e. The first-order chi connectivity index (χ1) is 11.7. The highest BCUT2D eigenvalue weighted by molar-refractivity contribution is 6.05. The lowest BCUT2D eigenvalue weighted by molar-refractivity contribution is -0.107. The molecule has 0 saturated heterocycles. The number of nitrogens with one attached hydrogen (secondary N) is 2. The van der Waals surface area contributed by atoms with Gasteiger partial charge < -0.3 is 15.4 Å². The van der Waals surface area contributed by atoms with Gasteiger partial charge in [0.1, 0.15) is 12.0 Å². The Labute approximate surface area is 139 Å². The number of hydrogen-bond donors (Lipinski definition) is 2. The summed E-state index contributed by atoms with van der Waals surface area (Å²) < 4.78 is 0. The molecule has 0 aliphatic heterocycles. The Bertz CT molecular complexity index is 701.